The Hall–Kier alpha value is -3.39. The minimum atomic E-state index is -0.296. The largest absolute Gasteiger partial charge is 0.497 e. The van der Waals surface area contributed by atoms with E-state index in [9.17, 15) is 4.79 Å². The van der Waals surface area contributed by atoms with E-state index in [0.717, 1.165) is 21.3 Å². The van der Waals surface area contributed by atoms with Crippen LogP contribution in [0, 0.1) is 0 Å². The van der Waals surface area contributed by atoms with Crippen molar-refractivity contribution in [2.45, 2.75) is 0 Å². The molecule has 7 nitrogen and oxygen atoms in total. The minimum absolute atomic E-state index is 0.187. The Labute approximate surface area is 175 Å². The SMILES string of the molecule is COc1cccc(-c2ccc(OC)n3nc(NC(=O)c4ccc(Br)cc4)nc23)c1. The zero-order chi connectivity index (χ0) is 20.4. The van der Waals surface area contributed by atoms with Crippen LogP contribution in [0.2, 0.25) is 0 Å². The highest BCUT2D eigenvalue weighted by Crippen LogP contribution is 2.30. The van der Waals surface area contributed by atoms with Gasteiger partial charge in [-0.1, -0.05) is 28.1 Å². The van der Waals surface area contributed by atoms with Crippen molar-refractivity contribution in [2.75, 3.05) is 19.5 Å². The number of amides is 1. The zero-order valence-electron chi connectivity index (χ0n) is 15.7. The monoisotopic (exact) mass is 452 g/mol. The molecule has 0 spiro atoms. The molecule has 1 N–H and O–H groups in total. The van der Waals surface area contributed by atoms with Crippen LogP contribution in [0.25, 0.3) is 16.8 Å². The molecule has 29 heavy (non-hydrogen) atoms. The molecular formula is C21H17BrN4O3. The van der Waals surface area contributed by atoms with Crippen molar-refractivity contribution in [3.8, 4) is 22.8 Å². The number of aromatic nitrogens is 3. The number of halogens is 1. The summed E-state index contributed by atoms with van der Waals surface area (Å²) >= 11 is 3.36. The molecule has 0 bridgehead atoms. The van der Waals surface area contributed by atoms with Crippen molar-refractivity contribution in [3.63, 3.8) is 0 Å². The molecule has 2 heterocycles. The lowest BCUT2D eigenvalue weighted by atomic mass is 10.1. The van der Waals surface area contributed by atoms with Crippen molar-refractivity contribution in [3.05, 3.63) is 70.7 Å². The van der Waals surface area contributed by atoms with E-state index in [4.69, 9.17) is 9.47 Å². The van der Waals surface area contributed by atoms with Crippen LogP contribution in [0.4, 0.5) is 5.95 Å². The van der Waals surface area contributed by atoms with Crippen LogP contribution in [-0.2, 0) is 0 Å². The Bertz CT molecular complexity index is 1190. The maximum absolute atomic E-state index is 12.5. The van der Waals surface area contributed by atoms with Gasteiger partial charge in [-0.3, -0.25) is 10.1 Å². The molecule has 0 aliphatic heterocycles. The molecule has 2 aromatic heterocycles. The van der Waals surface area contributed by atoms with Crippen LogP contribution >= 0.6 is 15.9 Å². The molecule has 0 saturated carbocycles. The summed E-state index contributed by atoms with van der Waals surface area (Å²) in [6.07, 6.45) is 0. The molecule has 0 aliphatic rings. The fourth-order valence-electron chi connectivity index (χ4n) is 2.94. The third-order valence-corrected chi connectivity index (χ3v) is 4.90. The number of hydrogen-bond donors (Lipinski definition) is 1. The summed E-state index contributed by atoms with van der Waals surface area (Å²) in [5.74, 6) is 1.13. The maximum atomic E-state index is 12.5. The first-order valence-corrected chi connectivity index (χ1v) is 9.53. The van der Waals surface area contributed by atoms with Crippen LogP contribution in [-0.4, -0.2) is 34.7 Å². The number of fused-ring (bicyclic) bond motifs is 1. The van der Waals surface area contributed by atoms with E-state index in [0.29, 0.717) is 17.1 Å². The molecule has 8 heteroatoms. The van der Waals surface area contributed by atoms with Crippen LogP contribution < -0.4 is 14.8 Å². The quantitative estimate of drug-likeness (QED) is 0.484. The lowest BCUT2D eigenvalue weighted by molar-refractivity contribution is 0.102. The molecule has 0 fully saturated rings. The number of rotatable bonds is 5. The third-order valence-electron chi connectivity index (χ3n) is 4.37. The number of pyridine rings is 1. The number of benzene rings is 2. The van der Waals surface area contributed by atoms with Gasteiger partial charge in [0.05, 0.1) is 14.2 Å². The highest BCUT2D eigenvalue weighted by atomic mass is 79.9. The van der Waals surface area contributed by atoms with E-state index in [-0.39, 0.29) is 11.9 Å². The van der Waals surface area contributed by atoms with Gasteiger partial charge in [0.2, 0.25) is 11.8 Å². The molecule has 0 radical (unpaired) electrons. The number of hydrogen-bond acceptors (Lipinski definition) is 5. The van der Waals surface area contributed by atoms with Crippen molar-refractivity contribution >= 4 is 33.4 Å². The van der Waals surface area contributed by atoms with E-state index < -0.39 is 0 Å². The van der Waals surface area contributed by atoms with Crippen molar-refractivity contribution in [1.29, 1.82) is 0 Å². The third kappa shape index (κ3) is 3.79. The molecule has 1 amide bonds. The summed E-state index contributed by atoms with van der Waals surface area (Å²) in [7, 11) is 3.18. The average Bonchev–Trinajstić information content (AvgIpc) is 3.17. The van der Waals surface area contributed by atoms with Gasteiger partial charge in [-0.15, -0.1) is 5.10 Å². The first kappa shape index (κ1) is 18.9. The van der Waals surface area contributed by atoms with Gasteiger partial charge < -0.3 is 9.47 Å². The summed E-state index contributed by atoms with van der Waals surface area (Å²) < 4.78 is 13.2. The molecule has 0 unspecified atom stereocenters. The predicted molar refractivity (Wildman–Crippen MR) is 114 cm³/mol. The Balaban J connectivity index is 1.75. The van der Waals surface area contributed by atoms with Gasteiger partial charge >= 0.3 is 0 Å². The lowest BCUT2D eigenvalue weighted by Gasteiger charge is -2.08. The van der Waals surface area contributed by atoms with E-state index in [1.807, 2.05) is 30.3 Å². The number of nitrogens with zero attached hydrogens (tertiary/aromatic N) is 3. The zero-order valence-corrected chi connectivity index (χ0v) is 17.3. The second kappa shape index (κ2) is 7.92. The van der Waals surface area contributed by atoms with E-state index in [2.05, 4.69) is 31.3 Å². The van der Waals surface area contributed by atoms with E-state index in [1.165, 1.54) is 0 Å². The van der Waals surface area contributed by atoms with Gasteiger partial charge in [0.15, 0.2) is 5.65 Å². The summed E-state index contributed by atoms with van der Waals surface area (Å²) in [6, 6.07) is 18.4. The lowest BCUT2D eigenvalue weighted by Crippen LogP contribution is -2.12. The fraction of sp³-hybridized carbons (Fsp3) is 0.0952. The van der Waals surface area contributed by atoms with Crippen molar-refractivity contribution in [1.82, 2.24) is 14.6 Å². The molecule has 0 atom stereocenters. The summed E-state index contributed by atoms with van der Waals surface area (Å²) in [4.78, 5) is 17.1. The van der Waals surface area contributed by atoms with Crippen LogP contribution in [0.3, 0.4) is 0 Å². The molecule has 2 aromatic carbocycles. The summed E-state index contributed by atoms with van der Waals surface area (Å²) in [6.45, 7) is 0. The normalized spacial score (nSPS) is 10.7. The van der Waals surface area contributed by atoms with Gasteiger partial charge in [0, 0.05) is 21.7 Å². The van der Waals surface area contributed by atoms with Gasteiger partial charge in [-0.05, 0) is 48.0 Å². The van der Waals surface area contributed by atoms with E-state index in [1.54, 1.807) is 49.1 Å². The minimum Gasteiger partial charge on any atom is -0.497 e. The fourth-order valence-corrected chi connectivity index (χ4v) is 3.20. The molecule has 0 aliphatic carbocycles. The van der Waals surface area contributed by atoms with Gasteiger partial charge in [0.1, 0.15) is 5.75 Å². The number of methoxy groups -OCH3 is 2. The predicted octanol–water partition coefficient (Wildman–Crippen LogP) is 4.43. The first-order valence-electron chi connectivity index (χ1n) is 8.74. The van der Waals surface area contributed by atoms with Gasteiger partial charge in [-0.25, -0.2) is 0 Å². The maximum Gasteiger partial charge on any atom is 0.258 e. The number of nitrogens with one attached hydrogen (secondary N) is 1. The standard InChI is InChI=1S/C21H17BrN4O3/c1-28-16-5-3-4-14(12-16)17-10-11-18(29-2)26-19(17)23-21(25-26)24-20(27)13-6-8-15(22)9-7-13/h3-12H,1-2H3,(H,24,25,27). The Morgan fingerprint density at radius 2 is 1.83 bits per heavy atom. The highest BCUT2D eigenvalue weighted by molar-refractivity contribution is 9.10. The average molecular weight is 453 g/mol. The molecule has 0 saturated heterocycles. The van der Waals surface area contributed by atoms with Gasteiger partial charge in [-0.2, -0.15) is 9.50 Å². The first-order chi connectivity index (χ1) is 14.1. The molecule has 4 aromatic rings. The van der Waals surface area contributed by atoms with Crippen molar-refractivity contribution in [2.24, 2.45) is 0 Å². The Morgan fingerprint density at radius 1 is 1.03 bits per heavy atom. The molecular weight excluding hydrogens is 436 g/mol. The van der Waals surface area contributed by atoms with Crippen LogP contribution in [0.5, 0.6) is 11.6 Å². The Morgan fingerprint density at radius 3 is 2.55 bits per heavy atom. The van der Waals surface area contributed by atoms with E-state index >= 15 is 0 Å². The second-order valence-electron chi connectivity index (χ2n) is 6.15. The van der Waals surface area contributed by atoms with Crippen LogP contribution in [0.15, 0.2) is 65.1 Å². The van der Waals surface area contributed by atoms with Gasteiger partial charge in [0.25, 0.3) is 5.91 Å². The van der Waals surface area contributed by atoms with Crippen molar-refractivity contribution < 1.29 is 14.3 Å². The smallest absolute Gasteiger partial charge is 0.258 e. The van der Waals surface area contributed by atoms with Crippen LogP contribution in [0.1, 0.15) is 10.4 Å². The number of carbonyl (C=O) groups is 1. The number of ether oxygens (including phenoxy) is 2. The second-order valence-corrected chi connectivity index (χ2v) is 7.07. The topological polar surface area (TPSA) is 77.8 Å². The highest BCUT2D eigenvalue weighted by Gasteiger charge is 2.16. The summed E-state index contributed by atoms with van der Waals surface area (Å²) in [5.41, 5.74) is 2.81. The number of carbonyl (C=O) groups excluding carboxylic acids is 1. The summed E-state index contributed by atoms with van der Waals surface area (Å²) in [5, 5.41) is 7.15. The Kier molecular flexibility index (Phi) is 5.18. The molecule has 146 valence electrons. The number of anilines is 1. The molecule has 4 rings (SSSR count).